The molecule has 0 radical (unpaired) electrons. The molecule has 1 aromatic heterocycles. The highest BCUT2D eigenvalue weighted by molar-refractivity contribution is 6.35. The number of pyridine rings is 1. The third-order valence-corrected chi connectivity index (χ3v) is 3.95. The summed E-state index contributed by atoms with van der Waals surface area (Å²) >= 11 is 12.4. The molecule has 0 saturated heterocycles. The van der Waals surface area contributed by atoms with Gasteiger partial charge in [0.2, 0.25) is 6.41 Å². The van der Waals surface area contributed by atoms with Crippen LogP contribution in [-0.2, 0) is 4.79 Å². The number of hydrogen-bond donors (Lipinski definition) is 2. The van der Waals surface area contributed by atoms with E-state index in [4.69, 9.17) is 23.2 Å². The van der Waals surface area contributed by atoms with E-state index in [2.05, 4.69) is 15.8 Å². The van der Waals surface area contributed by atoms with Crippen molar-refractivity contribution in [1.82, 2.24) is 15.8 Å². The molecule has 3 aromatic rings. The molecule has 0 aliphatic rings. The van der Waals surface area contributed by atoms with Gasteiger partial charge in [0.25, 0.3) is 5.91 Å². The summed E-state index contributed by atoms with van der Waals surface area (Å²) in [6.07, 6.45) is 0.360. The molecule has 2 amide bonds. The van der Waals surface area contributed by atoms with Gasteiger partial charge in [-0.05, 0) is 23.8 Å². The van der Waals surface area contributed by atoms with Gasteiger partial charge in [0.1, 0.15) is 5.15 Å². The fraction of sp³-hybridized carbons (Fsp3) is 0. The van der Waals surface area contributed by atoms with Gasteiger partial charge in [-0.1, -0.05) is 53.5 Å². The number of fused-ring (bicyclic) bond motifs is 1. The highest BCUT2D eigenvalue weighted by Gasteiger charge is 2.21. The maximum absolute atomic E-state index is 12.5. The van der Waals surface area contributed by atoms with Crippen molar-refractivity contribution < 1.29 is 9.59 Å². The highest BCUT2D eigenvalue weighted by atomic mass is 35.5. The number of halogens is 2. The van der Waals surface area contributed by atoms with E-state index in [0.29, 0.717) is 27.9 Å². The normalized spacial score (nSPS) is 10.4. The van der Waals surface area contributed by atoms with Crippen molar-refractivity contribution in [2.24, 2.45) is 0 Å². The lowest BCUT2D eigenvalue weighted by Crippen LogP contribution is -2.36. The molecule has 7 heteroatoms. The Morgan fingerprint density at radius 3 is 2.54 bits per heavy atom. The third kappa shape index (κ3) is 3.04. The summed E-state index contributed by atoms with van der Waals surface area (Å²) in [7, 11) is 0. The Morgan fingerprint density at radius 1 is 1.08 bits per heavy atom. The van der Waals surface area contributed by atoms with Crippen molar-refractivity contribution >= 4 is 46.4 Å². The van der Waals surface area contributed by atoms with Crippen molar-refractivity contribution in [1.29, 1.82) is 0 Å². The van der Waals surface area contributed by atoms with E-state index >= 15 is 0 Å². The summed E-state index contributed by atoms with van der Waals surface area (Å²) in [5, 5.41) is 1.24. The first-order valence-corrected chi connectivity index (χ1v) is 7.71. The van der Waals surface area contributed by atoms with Crippen LogP contribution in [0.3, 0.4) is 0 Å². The van der Waals surface area contributed by atoms with Gasteiger partial charge in [-0.15, -0.1) is 0 Å². The Hall–Kier alpha value is -2.63. The van der Waals surface area contributed by atoms with E-state index in [1.165, 1.54) is 0 Å². The fourth-order valence-electron chi connectivity index (χ4n) is 2.47. The molecule has 0 unspecified atom stereocenters. The summed E-state index contributed by atoms with van der Waals surface area (Å²) < 4.78 is 0. The Balaban J connectivity index is 2.35. The number of nitrogens with one attached hydrogen (secondary N) is 2. The van der Waals surface area contributed by atoms with E-state index in [-0.39, 0.29) is 10.7 Å². The molecule has 3 rings (SSSR count). The SMILES string of the molecule is O=CNNC(=O)c1c(Cl)nc2ccc(Cl)cc2c1-c1ccccc1. The largest absolute Gasteiger partial charge is 0.277 e. The highest BCUT2D eigenvalue weighted by Crippen LogP contribution is 2.36. The molecule has 2 N–H and O–H groups in total. The number of carbonyl (C=O) groups excluding carboxylic acids is 2. The molecule has 0 aliphatic carbocycles. The van der Waals surface area contributed by atoms with E-state index < -0.39 is 5.91 Å². The lowest BCUT2D eigenvalue weighted by molar-refractivity contribution is -0.110. The molecule has 0 aliphatic heterocycles. The van der Waals surface area contributed by atoms with E-state index in [1.54, 1.807) is 18.2 Å². The molecular weight excluding hydrogens is 349 g/mol. The zero-order valence-corrected chi connectivity index (χ0v) is 13.7. The number of rotatable bonds is 4. The lowest BCUT2D eigenvalue weighted by Gasteiger charge is -2.14. The molecule has 0 spiro atoms. The van der Waals surface area contributed by atoms with E-state index in [0.717, 1.165) is 5.56 Å². The summed E-state index contributed by atoms with van der Waals surface area (Å²) in [5.74, 6) is -0.569. The number of amides is 2. The minimum Gasteiger partial charge on any atom is -0.277 e. The third-order valence-electron chi connectivity index (χ3n) is 3.44. The van der Waals surface area contributed by atoms with Gasteiger partial charge in [0.05, 0.1) is 11.1 Å². The molecule has 5 nitrogen and oxygen atoms in total. The van der Waals surface area contributed by atoms with Gasteiger partial charge >= 0.3 is 0 Å². The van der Waals surface area contributed by atoms with E-state index in [1.807, 2.05) is 30.3 Å². The van der Waals surface area contributed by atoms with Crippen LogP contribution in [0.4, 0.5) is 0 Å². The Labute approximate surface area is 147 Å². The molecule has 0 saturated carbocycles. The quantitative estimate of drug-likeness (QED) is 0.424. The van der Waals surface area contributed by atoms with Crippen LogP contribution in [0.5, 0.6) is 0 Å². The zero-order chi connectivity index (χ0) is 17.1. The molecule has 2 aromatic carbocycles. The van der Waals surface area contributed by atoms with Crippen LogP contribution in [0.15, 0.2) is 48.5 Å². The van der Waals surface area contributed by atoms with Crippen molar-refractivity contribution in [3.05, 3.63) is 64.3 Å². The van der Waals surface area contributed by atoms with E-state index in [9.17, 15) is 9.59 Å². The molecule has 24 heavy (non-hydrogen) atoms. The lowest BCUT2D eigenvalue weighted by atomic mass is 9.96. The van der Waals surface area contributed by atoms with Crippen LogP contribution >= 0.6 is 23.2 Å². The van der Waals surface area contributed by atoms with Crippen molar-refractivity contribution in [2.75, 3.05) is 0 Å². The molecule has 0 atom stereocenters. The zero-order valence-electron chi connectivity index (χ0n) is 12.2. The number of benzene rings is 2. The maximum Gasteiger partial charge on any atom is 0.273 e. The van der Waals surface area contributed by atoms with Gasteiger partial charge in [0.15, 0.2) is 0 Å². The number of nitrogens with zero attached hydrogens (tertiary/aromatic N) is 1. The molecule has 120 valence electrons. The average Bonchev–Trinajstić information content (AvgIpc) is 2.59. The van der Waals surface area contributed by atoms with Gasteiger partial charge in [-0.2, -0.15) is 0 Å². The molecule has 0 fully saturated rings. The Bertz CT molecular complexity index is 930. The van der Waals surface area contributed by atoms with Crippen LogP contribution < -0.4 is 10.9 Å². The Morgan fingerprint density at radius 2 is 1.83 bits per heavy atom. The van der Waals surface area contributed by atoms with Crippen LogP contribution in [0.1, 0.15) is 10.4 Å². The first kappa shape index (κ1) is 16.2. The Kier molecular flexibility index (Phi) is 4.64. The van der Waals surface area contributed by atoms with Gasteiger partial charge < -0.3 is 0 Å². The minimum absolute atomic E-state index is 0.0360. The van der Waals surface area contributed by atoms with Crippen LogP contribution in [-0.4, -0.2) is 17.3 Å². The van der Waals surface area contributed by atoms with Gasteiger partial charge in [-0.3, -0.25) is 20.4 Å². The smallest absolute Gasteiger partial charge is 0.273 e. The van der Waals surface area contributed by atoms with Crippen molar-refractivity contribution in [3.63, 3.8) is 0 Å². The first-order valence-electron chi connectivity index (χ1n) is 6.95. The molecule has 0 bridgehead atoms. The second kappa shape index (κ2) is 6.86. The molecular formula is C17H11Cl2N3O2. The monoisotopic (exact) mass is 359 g/mol. The topological polar surface area (TPSA) is 71.1 Å². The summed E-state index contributed by atoms with van der Waals surface area (Å²) in [5.41, 5.74) is 6.54. The summed E-state index contributed by atoms with van der Waals surface area (Å²) in [6, 6.07) is 14.5. The standard InChI is InChI=1S/C17H11Cl2N3O2/c18-11-6-7-13-12(8-11)14(10-4-2-1-3-5-10)15(16(19)21-13)17(24)22-20-9-23/h1-9H,(H,20,23)(H,22,24). The van der Waals surface area contributed by atoms with Gasteiger partial charge in [0, 0.05) is 16.0 Å². The second-order valence-corrected chi connectivity index (χ2v) is 5.69. The number of aromatic nitrogens is 1. The van der Waals surface area contributed by atoms with Crippen LogP contribution in [0.25, 0.3) is 22.0 Å². The molecule has 1 heterocycles. The van der Waals surface area contributed by atoms with Crippen molar-refractivity contribution in [2.45, 2.75) is 0 Å². The number of hydrazine groups is 1. The van der Waals surface area contributed by atoms with Crippen LogP contribution in [0.2, 0.25) is 10.2 Å². The second-order valence-electron chi connectivity index (χ2n) is 4.90. The summed E-state index contributed by atoms with van der Waals surface area (Å²) in [6.45, 7) is 0. The fourth-order valence-corrected chi connectivity index (χ4v) is 2.92. The van der Waals surface area contributed by atoms with Crippen molar-refractivity contribution in [3.8, 4) is 11.1 Å². The van der Waals surface area contributed by atoms with Gasteiger partial charge in [-0.25, -0.2) is 4.98 Å². The minimum atomic E-state index is -0.569. The summed E-state index contributed by atoms with van der Waals surface area (Å²) in [4.78, 5) is 27.2. The van der Waals surface area contributed by atoms with Crippen LogP contribution in [0, 0.1) is 0 Å². The number of carbonyl (C=O) groups is 2. The predicted octanol–water partition coefficient (Wildman–Crippen LogP) is 3.60. The first-order chi connectivity index (χ1) is 11.6. The maximum atomic E-state index is 12.5. The predicted molar refractivity (Wildman–Crippen MR) is 93.9 cm³/mol. The number of hydrogen-bond acceptors (Lipinski definition) is 3. The average molecular weight is 360 g/mol.